The van der Waals surface area contributed by atoms with Crippen molar-refractivity contribution in [1.82, 2.24) is 4.90 Å². The third-order valence-corrected chi connectivity index (χ3v) is 5.40. The average molecular weight is 444 g/mol. The minimum atomic E-state index is -0.436. The summed E-state index contributed by atoms with van der Waals surface area (Å²) in [7, 11) is 4.65. The number of imide groups is 1. The Hall–Kier alpha value is -4.26. The normalized spacial score (nSPS) is 13.4. The number of nitrogens with one attached hydrogen (secondary N) is 1. The van der Waals surface area contributed by atoms with Crippen LogP contribution in [0.1, 0.15) is 11.1 Å². The molecule has 168 valence electrons. The van der Waals surface area contributed by atoms with Gasteiger partial charge in [-0.2, -0.15) is 0 Å². The number of methoxy groups -OCH3 is 3. The molecule has 0 bridgehead atoms. The molecule has 1 N–H and O–H groups in total. The lowest BCUT2D eigenvalue weighted by atomic mass is 10.0. The van der Waals surface area contributed by atoms with Gasteiger partial charge in [0.2, 0.25) is 0 Å². The first kappa shape index (κ1) is 22.0. The molecule has 1 heterocycles. The van der Waals surface area contributed by atoms with Gasteiger partial charge in [0, 0.05) is 22.9 Å². The van der Waals surface area contributed by atoms with E-state index in [1.165, 1.54) is 12.0 Å². The summed E-state index contributed by atoms with van der Waals surface area (Å²) >= 11 is 0. The number of benzene rings is 3. The Labute approximate surface area is 192 Å². The Morgan fingerprint density at radius 2 is 1.45 bits per heavy atom. The minimum absolute atomic E-state index is 0.0730. The zero-order valence-corrected chi connectivity index (χ0v) is 18.6. The number of carbonyl (C=O) groups is 2. The molecule has 7 heteroatoms. The molecule has 0 fully saturated rings. The van der Waals surface area contributed by atoms with E-state index in [1.54, 1.807) is 62.8 Å². The van der Waals surface area contributed by atoms with Crippen molar-refractivity contribution in [2.24, 2.45) is 0 Å². The number of anilines is 1. The van der Waals surface area contributed by atoms with Gasteiger partial charge in [0.1, 0.15) is 22.9 Å². The van der Waals surface area contributed by atoms with Gasteiger partial charge < -0.3 is 19.5 Å². The monoisotopic (exact) mass is 444 g/mol. The lowest BCUT2D eigenvalue weighted by molar-refractivity contribution is -0.137. The molecule has 0 radical (unpaired) electrons. The molecule has 3 aromatic rings. The van der Waals surface area contributed by atoms with Crippen molar-refractivity contribution < 1.29 is 23.8 Å². The topological polar surface area (TPSA) is 77.1 Å². The Morgan fingerprint density at radius 3 is 2.18 bits per heavy atom. The van der Waals surface area contributed by atoms with E-state index in [0.717, 1.165) is 5.56 Å². The molecule has 1 aliphatic heterocycles. The van der Waals surface area contributed by atoms with Crippen LogP contribution < -0.4 is 19.5 Å². The second-order valence-electron chi connectivity index (χ2n) is 7.32. The molecule has 0 saturated carbocycles. The van der Waals surface area contributed by atoms with E-state index >= 15 is 0 Å². The van der Waals surface area contributed by atoms with E-state index in [4.69, 9.17) is 14.2 Å². The van der Waals surface area contributed by atoms with Gasteiger partial charge in [-0.15, -0.1) is 0 Å². The highest BCUT2D eigenvalue weighted by atomic mass is 16.5. The van der Waals surface area contributed by atoms with Crippen molar-refractivity contribution in [2.45, 2.75) is 6.54 Å². The molecule has 33 heavy (non-hydrogen) atoms. The quantitative estimate of drug-likeness (QED) is 0.527. The zero-order valence-electron chi connectivity index (χ0n) is 18.6. The van der Waals surface area contributed by atoms with Crippen LogP contribution in [0.5, 0.6) is 17.2 Å². The number of amides is 2. The third kappa shape index (κ3) is 4.25. The molecule has 2 amide bonds. The molecule has 4 rings (SSSR count). The fourth-order valence-corrected chi connectivity index (χ4v) is 3.79. The third-order valence-electron chi connectivity index (χ3n) is 5.40. The molecule has 3 aromatic carbocycles. The van der Waals surface area contributed by atoms with Crippen LogP contribution in [0, 0.1) is 0 Å². The highest BCUT2D eigenvalue weighted by Crippen LogP contribution is 2.36. The number of hydrogen-bond acceptors (Lipinski definition) is 6. The summed E-state index contributed by atoms with van der Waals surface area (Å²) in [6.45, 7) is 0.0730. The van der Waals surface area contributed by atoms with Crippen molar-refractivity contribution >= 4 is 23.1 Å². The van der Waals surface area contributed by atoms with Crippen LogP contribution in [0.4, 0.5) is 5.69 Å². The average Bonchev–Trinajstić information content (AvgIpc) is 3.08. The zero-order chi connectivity index (χ0) is 23.4. The summed E-state index contributed by atoms with van der Waals surface area (Å²) < 4.78 is 16.2. The highest BCUT2D eigenvalue weighted by Gasteiger charge is 2.40. The summed E-state index contributed by atoms with van der Waals surface area (Å²) in [5, 5.41) is 3.14. The molecular weight excluding hydrogens is 420 g/mol. The van der Waals surface area contributed by atoms with Crippen LogP contribution in [0.3, 0.4) is 0 Å². The number of para-hydroxylation sites is 2. The van der Waals surface area contributed by atoms with E-state index in [2.05, 4.69) is 5.32 Å². The summed E-state index contributed by atoms with van der Waals surface area (Å²) in [4.78, 5) is 28.3. The molecule has 0 aliphatic carbocycles. The van der Waals surface area contributed by atoms with Crippen LogP contribution in [-0.2, 0) is 16.1 Å². The van der Waals surface area contributed by atoms with Crippen molar-refractivity contribution in [3.05, 3.63) is 89.6 Å². The maximum atomic E-state index is 13.6. The van der Waals surface area contributed by atoms with Crippen molar-refractivity contribution in [3.8, 4) is 17.2 Å². The van der Waals surface area contributed by atoms with Gasteiger partial charge in [-0.25, -0.2) is 0 Å². The Balaban J connectivity index is 1.79. The van der Waals surface area contributed by atoms with Gasteiger partial charge in [0.15, 0.2) is 0 Å². The molecule has 0 saturated heterocycles. The SMILES string of the molecule is COc1cccc(NC2=C(c3ccccc3OC)C(=O)N(Cc3ccccc3OC)C2=O)c1. The number of nitrogens with zero attached hydrogens (tertiary/aromatic N) is 1. The molecule has 0 atom stereocenters. The molecule has 0 aromatic heterocycles. The predicted molar refractivity (Wildman–Crippen MR) is 125 cm³/mol. The van der Waals surface area contributed by atoms with Crippen molar-refractivity contribution in [1.29, 1.82) is 0 Å². The Kier molecular flexibility index (Phi) is 6.31. The van der Waals surface area contributed by atoms with Crippen LogP contribution in [0.15, 0.2) is 78.5 Å². The molecular formula is C26H24N2O5. The van der Waals surface area contributed by atoms with E-state index < -0.39 is 11.8 Å². The van der Waals surface area contributed by atoms with Gasteiger partial charge in [-0.1, -0.05) is 42.5 Å². The van der Waals surface area contributed by atoms with Crippen LogP contribution >= 0.6 is 0 Å². The first-order valence-corrected chi connectivity index (χ1v) is 10.3. The molecule has 7 nitrogen and oxygen atoms in total. The second kappa shape index (κ2) is 9.48. The van der Waals surface area contributed by atoms with Gasteiger partial charge in [0.25, 0.3) is 11.8 Å². The van der Waals surface area contributed by atoms with E-state index in [-0.39, 0.29) is 17.8 Å². The first-order valence-electron chi connectivity index (χ1n) is 10.3. The molecule has 1 aliphatic rings. The number of carbonyl (C=O) groups excluding carboxylic acids is 2. The van der Waals surface area contributed by atoms with Crippen molar-refractivity contribution in [3.63, 3.8) is 0 Å². The lowest BCUT2D eigenvalue weighted by Crippen LogP contribution is -2.32. The van der Waals surface area contributed by atoms with Gasteiger partial charge >= 0.3 is 0 Å². The standard InChI is InChI=1S/C26H24N2O5/c1-31-19-11-8-10-18(15-19)27-24-23(20-12-5-7-14-22(20)33-3)25(29)28(26(24)30)16-17-9-4-6-13-21(17)32-2/h4-15,27H,16H2,1-3H3. The number of hydrogen-bond donors (Lipinski definition) is 1. The number of ether oxygens (including phenoxy) is 3. The molecule has 0 unspecified atom stereocenters. The van der Waals surface area contributed by atoms with Crippen LogP contribution in [0.25, 0.3) is 5.57 Å². The number of rotatable bonds is 8. The smallest absolute Gasteiger partial charge is 0.278 e. The van der Waals surface area contributed by atoms with Crippen LogP contribution in [0.2, 0.25) is 0 Å². The lowest BCUT2D eigenvalue weighted by Gasteiger charge is -2.17. The van der Waals surface area contributed by atoms with Crippen LogP contribution in [-0.4, -0.2) is 38.0 Å². The first-order chi connectivity index (χ1) is 16.1. The van der Waals surface area contributed by atoms with Crippen molar-refractivity contribution in [2.75, 3.05) is 26.6 Å². The predicted octanol–water partition coefficient (Wildman–Crippen LogP) is 4.10. The minimum Gasteiger partial charge on any atom is -0.497 e. The largest absolute Gasteiger partial charge is 0.497 e. The maximum Gasteiger partial charge on any atom is 0.278 e. The Bertz CT molecular complexity index is 1230. The Morgan fingerprint density at radius 1 is 0.758 bits per heavy atom. The van der Waals surface area contributed by atoms with E-state index in [0.29, 0.717) is 28.5 Å². The second-order valence-corrected chi connectivity index (χ2v) is 7.32. The summed E-state index contributed by atoms with van der Waals surface area (Å²) in [6.07, 6.45) is 0. The van der Waals surface area contributed by atoms with E-state index in [9.17, 15) is 9.59 Å². The fourth-order valence-electron chi connectivity index (χ4n) is 3.79. The fraction of sp³-hybridized carbons (Fsp3) is 0.154. The van der Waals surface area contributed by atoms with E-state index in [1.807, 2.05) is 24.3 Å². The summed E-state index contributed by atoms with van der Waals surface area (Å²) in [5.41, 5.74) is 2.30. The summed E-state index contributed by atoms with van der Waals surface area (Å²) in [6, 6.07) is 21.6. The molecule has 0 spiro atoms. The van der Waals surface area contributed by atoms with Gasteiger partial charge in [0.05, 0.1) is 33.4 Å². The highest BCUT2D eigenvalue weighted by molar-refractivity contribution is 6.37. The summed E-state index contributed by atoms with van der Waals surface area (Å²) in [5.74, 6) is 0.876. The maximum absolute atomic E-state index is 13.6. The van der Waals surface area contributed by atoms with Gasteiger partial charge in [-0.3, -0.25) is 14.5 Å². The van der Waals surface area contributed by atoms with Gasteiger partial charge in [-0.05, 0) is 24.3 Å².